The Morgan fingerprint density at radius 3 is 2.35 bits per heavy atom. The van der Waals surface area contributed by atoms with Gasteiger partial charge in [0.2, 0.25) is 0 Å². The summed E-state index contributed by atoms with van der Waals surface area (Å²) in [6.45, 7) is 6.17. The molecule has 0 spiro atoms. The van der Waals surface area contributed by atoms with E-state index in [1.807, 2.05) is 31.2 Å². The van der Waals surface area contributed by atoms with Gasteiger partial charge in [0.15, 0.2) is 0 Å². The summed E-state index contributed by atoms with van der Waals surface area (Å²) in [7, 11) is 0. The van der Waals surface area contributed by atoms with Crippen molar-refractivity contribution in [2.24, 2.45) is 0 Å². The van der Waals surface area contributed by atoms with E-state index in [0.29, 0.717) is 5.56 Å². The van der Waals surface area contributed by atoms with Gasteiger partial charge in [-0.25, -0.2) is 4.79 Å². The Balaban J connectivity index is 2.57. The van der Waals surface area contributed by atoms with Crippen LogP contribution in [-0.4, -0.2) is 12.1 Å². The molecule has 2 heteroatoms. The van der Waals surface area contributed by atoms with Gasteiger partial charge in [-0.3, -0.25) is 0 Å². The van der Waals surface area contributed by atoms with E-state index in [9.17, 15) is 4.79 Å². The largest absolute Gasteiger partial charge is 0.459 e. The van der Waals surface area contributed by atoms with Gasteiger partial charge in [-0.2, -0.15) is 0 Å². The fourth-order valence-corrected chi connectivity index (χ4v) is 1.81. The van der Waals surface area contributed by atoms with Crippen molar-refractivity contribution < 1.29 is 9.53 Å². The molecule has 0 N–H and O–H groups in total. The SMILES string of the molecule is CCCc1ccc(C(=O)OC(C)CCC)cc1. The topological polar surface area (TPSA) is 26.3 Å². The molecule has 0 saturated heterocycles. The molecule has 2 nitrogen and oxygen atoms in total. The van der Waals surface area contributed by atoms with Gasteiger partial charge in [0, 0.05) is 0 Å². The van der Waals surface area contributed by atoms with E-state index in [-0.39, 0.29) is 12.1 Å². The van der Waals surface area contributed by atoms with Crippen LogP contribution in [0.2, 0.25) is 0 Å². The van der Waals surface area contributed by atoms with Crippen LogP contribution in [0.25, 0.3) is 0 Å². The Labute approximate surface area is 104 Å². The summed E-state index contributed by atoms with van der Waals surface area (Å²) in [5, 5.41) is 0. The van der Waals surface area contributed by atoms with Gasteiger partial charge in [-0.1, -0.05) is 38.8 Å². The molecular formula is C15H22O2. The first-order chi connectivity index (χ1) is 8.17. The molecule has 0 heterocycles. The van der Waals surface area contributed by atoms with E-state index >= 15 is 0 Å². The van der Waals surface area contributed by atoms with Gasteiger partial charge >= 0.3 is 5.97 Å². The first-order valence-corrected chi connectivity index (χ1v) is 6.47. The smallest absolute Gasteiger partial charge is 0.338 e. The summed E-state index contributed by atoms with van der Waals surface area (Å²) in [4.78, 5) is 11.8. The van der Waals surface area contributed by atoms with E-state index in [2.05, 4.69) is 13.8 Å². The van der Waals surface area contributed by atoms with Crippen molar-refractivity contribution in [3.63, 3.8) is 0 Å². The van der Waals surface area contributed by atoms with Crippen molar-refractivity contribution in [3.05, 3.63) is 35.4 Å². The minimum absolute atomic E-state index is 0.00261. The molecule has 1 atom stereocenters. The van der Waals surface area contributed by atoms with Gasteiger partial charge in [0.05, 0.1) is 11.7 Å². The maximum atomic E-state index is 11.8. The number of carbonyl (C=O) groups excluding carboxylic acids is 1. The molecule has 0 aliphatic rings. The number of hydrogen-bond donors (Lipinski definition) is 0. The molecule has 0 fully saturated rings. The van der Waals surface area contributed by atoms with Crippen molar-refractivity contribution in [2.45, 2.75) is 52.6 Å². The molecule has 1 rings (SSSR count). The molecule has 1 aromatic carbocycles. The van der Waals surface area contributed by atoms with Crippen LogP contribution in [0.1, 0.15) is 56.0 Å². The van der Waals surface area contributed by atoms with Gasteiger partial charge < -0.3 is 4.74 Å². The number of hydrogen-bond acceptors (Lipinski definition) is 2. The van der Waals surface area contributed by atoms with E-state index in [4.69, 9.17) is 4.74 Å². The lowest BCUT2D eigenvalue weighted by Gasteiger charge is -2.12. The highest BCUT2D eigenvalue weighted by molar-refractivity contribution is 5.89. The maximum absolute atomic E-state index is 11.8. The number of rotatable bonds is 6. The molecule has 0 aliphatic heterocycles. The molecule has 94 valence electrons. The van der Waals surface area contributed by atoms with Crippen LogP contribution in [-0.2, 0) is 11.2 Å². The Morgan fingerprint density at radius 1 is 1.18 bits per heavy atom. The highest BCUT2D eigenvalue weighted by Gasteiger charge is 2.10. The zero-order chi connectivity index (χ0) is 12.7. The van der Waals surface area contributed by atoms with E-state index in [1.54, 1.807) is 0 Å². The fraction of sp³-hybridized carbons (Fsp3) is 0.533. The Bertz CT molecular complexity index is 340. The number of benzene rings is 1. The van der Waals surface area contributed by atoms with Crippen LogP contribution in [0.15, 0.2) is 24.3 Å². The highest BCUT2D eigenvalue weighted by Crippen LogP contribution is 2.10. The second kappa shape index (κ2) is 7.10. The summed E-state index contributed by atoms with van der Waals surface area (Å²) in [5.74, 6) is -0.214. The lowest BCUT2D eigenvalue weighted by atomic mass is 10.1. The average molecular weight is 234 g/mol. The predicted molar refractivity (Wildman–Crippen MR) is 70.2 cm³/mol. The lowest BCUT2D eigenvalue weighted by molar-refractivity contribution is 0.0323. The minimum Gasteiger partial charge on any atom is -0.459 e. The van der Waals surface area contributed by atoms with Crippen LogP contribution in [0.3, 0.4) is 0 Å². The standard InChI is InChI=1S/C15H22O2/c1-4-6-12(3)17-15(16)14-10-8-13(7-5-2)9-11-14/h8-12H,4-7H2,1-3H3. The van der Waals surface area contributed by atoms with Gasteiger partial charge in [-0.05, 0) is 37.5 Å². The van der Waals surface area contributed by atoms with Gasteiger partial charge in [-0.15, -0.1) is 0 Å². The normalized spacial score (nSPS) is 12.2. The Kier molecular flexibility index (Phi) is 5.75. The van der Waals surface area contributed by atoms with Crippen LogP contribution < -0.4 is 0 Å². The third-order valence-electron chi connectivity index (χ3n) is 2.73. The van der Waals surface area contributed by atoms with Crippen molar-refractivity contribution >= 4 is 5.97 Å². The Hall–Kier alpha value is -1.31. The van der Waals surface area contributed by atoms with Crippen molar-refractivity contribution in [3.8, 4) is 0 Å². The third kappa shape index (κ3) is 4.59. The first kappa shape index (κ1) is 13.8. The molecule has 0 saturated carbocycles. The van der Waals surface area contributed by atoms with E-state index in [1.165, 1.54) is 5.56 Å². The van der Waals surface area contributed by atoms with Crippen LogP contribution in [0.5, 0.6) is 0 Å². The van der Waals surface area contributed by atoms with E-state index < -0.39 is 0 Å². The molecule has 1 unspecified atom stereocenters. The van der Waals surface area contributed by atoms with Crippen LogP contribution in [0.4, 0.5) is 0 Å². The number of esters is 1. The molecule has 0 bridgehead atoms. The highest BCUT2D eigenvalue weighted by atomic mass is 16.5. The molecule has 0 aromatic heterocycles. The fourth-order valence-electron chi connectivity index (χ4n) is 1.81. The number of aryl methyl sites for hydroxylation is 1. The lowest BCUT2D eigenvalue weighted by Crippen LogP contribution is -2.14. The predicted octanol–water partition coefficient (Wildman–Crippen LogP) is 3.98. The number of ether oxygens (including phenoxy) is 1. The van der Waals surface area contributed by atoms with Gasteiger partial charge in [0.25, 0.3) is 0 Å². The summed E-state index contributed by atoms with van der Waals surface area (Å²) in [5.41, 5.74) is 1.92. The maximum Gasteiger partial charge on any atom is 0.338 e. The van der Waals surface area contributed by atoms with Gasteiger partial charge in [0.1, 0.15) is 0 Å². The average Bonchev–Trinajstić information content (AvgIpc) is 2.30. The van der Waals surface area contributed by atoms with E-state index in [0.717, 1.165) is 25.7 Å². The first-order valence-electron chi connectivity index (χ1n) is 6.47. The zero-order valence-electron chi connectivity index (χ0n) is 11.0. The summed E-state index contributed by atoms with van der Waals surface area (Å²) in [6, 6.07) is 7.72. The van der Waals surface area contributed by atoms with Crippen molar-refractivity contribution in [2.75, 3.05) is 0 Å². The van der Waals surface area contributed by atoms with Crippen LogP contribution in [0, 0.1) is 0 Å². The Morgan fingerprint density at radius 2 is 1.82 bits per heavy atom. The minimum atomic E-state index is -0.214. The molecular weight excluding hydrogens is 212 g/mol. The molecule has 0 amide bonds. The molecule has 1 aromatic rings. The third-order valence-corrected chi connectivity index (χ3v) is 2.73. The quantitative estimate of drug-likeness (QED) is 0.696. The second-order valence-electron chi connectivity index (χ2n) is 4.45. The molecule has 17 heavy (non-hydrogen) atoms. The summed E-state index contributed by atoms with van der Waals surface area (Å²) in [6.07, 6.45) is 4.13. The number of carbonyl (C=O) groups is 1. The zero-order valence-corrected chi connectivity index (χ0v) is 11.0. The summed E-state index contributed by atoms with van der Waals surface area (Å²) < 4.78 is 5.34. The van der Waals surface area contributed by atoms with Crippen LogP contribution >= 0.6 is 0 Å². The molecule has 0 aliphatic carbocycles. The monoisotopic (exact) mass is 234 g/mol. The molecule has 0 radical (unpaired) electrons. The van der Waals surface area contributed by atoms with Crippen molar-refractivity contribution in [1.82, 2.24) is 0 Å². The van der Waals surface area contributed by atoms with Crippen molar-refractivity contribution in [1.29, 1.82) is 0 Å². The summed E-state index contributed by atoms with van der Waals surface area (Å²) >= 11 is 0. The second-order valence-corrected chi connectivity index (χ2v) is 4.45.